The molecular formula is C18H19NO. The SMILES string of the molecule is CCNC(c1ccco1)c1c(C)ccc2ccccc12. The maximum absolute atomic E-state index is 5.64. The number of hydrogen-bond acceptors (Lipinski definition) is 2. The fraction of sp³-hybridized carbons (Fsp3) is 0.222. The number of hydrogen-bond donors (Lipinski definition) is 1. The Bertz CT molecular complexity index is 701. The molecule has 20 heavy (non-hydrogen) atoms. The lowest BCUT2D eigenvalue weighted by molar-refractivity contribution is 0.453. The Balaban J connectivity index is 2.22. The Morgan fingerprint density at radius 3 is 2.65 bits per heavy atom. The smallest absolute Gasteiger partial charge is 0.125 e. The van der Waals surface area contributed by atoms with E-state index < -0.39 is 0 Å². The van der Waals surface area contributed by atoms with Crippen LogP contribution in [0.3, 0.4) is 0 Å². The fourth-order valence-corrected chi connectivity index (χ4v) is 2.79. The highest BCUT2D eigenvalue weighted by atomic mass is 16.3. The molecule has 2 aromatic carbocycles. The largest absolute Gasteiger partial charge is 0.467 e. The first kappa shape index (κ1) is 12.9. The molecule has 2 nitrogen and oxygen atoms in total. The standard InChI is InChI=1S/C18H19NO/c1-3-19-18(16-9-6-12-20-16)17-13(2)10-11-14-7-4-5-8-15(14)17/h4-12,18-19H,3H2,1-2H3. The summed E-state index contributed by atoms with van der Waals surface area (Å²) in [5.41, 5.74) is 2.59. The zero-order valence-electron chi connectivity index (χ0n) is 11.9. The molecule has 0 aliphatic rings. The molecule has 1 heterocycles. The molecular weight excluding hydrogens is 246 g/mol. The summed E-state index contributed by atoms with van der Waals surface area (Å²) >= 11 is 0. The van der Waals surface area contributed by atoms with Gasteiger partial charge in [-0.25, -0.2) is 0 Å². The van der Waals surface area contributed by atoms with Gasteiger partial charge in [0, 0.05) is 0 Å². The van der Waals surface area contributed by atoms with Gasteiger partial charge in [0.1, 0.15) is 5.76 Å². The van der Waals surface area contributed by atoms with Crippen LogP contribution in [-0.2, 0) is 0 Å². The van der Waals surface area contributed by atoms with E-state index in [1.54, 1.807) is 6.26 Å². The molecule has 0 fully saturated rings. The molecule has 2 heteroatoms. The first-order valence-corrected chi connectivity index (χ1v) is 7.06. The van der Waals surface area contributed by atoms with Gasteiger partial charge in [0.2, 0.25) is 0 Å². The van der Waals surface area contributed by atoms with Crippen LogP contribution in [0.2, 0.25) is 0 Å². The van der Waals surface area contributed by atoms with Crippen LogP contribution >= 0.6 is 0 Å². The minimum Gasteiger partial charge on any atom is -0.467 e. The van der Waals surface area contributed by atoms with Crippen LogP contribution in [0.5, 0.6) is 0 Å². The van der Waals surface area contributed by atoms with Crippen molar-refractivity contribution in [2.45, 2.75) is 19.9 Å². The molecule has 0 amide bonds. The lowest BCUT2D eigenvalue weighted by Crippen LogP contribution is -2.22. The molecule has 1 atom stereocenters. The van der Waals surface area contributed by atoms with Crippen molar-refractivity contribution >= 4 is 10.8 Å². The first-order valence-electron chi connectivity index (χ1n) is 7.06. The highest BCUT2D eigenvalue weighted by molar-refractivity contribution is 5.87. The number of nitrogens with one attached hydrogen (secondary N) is 1. The fourth-order valence-electron chi connectivity index (χ4n) is 2.79. The number of rotatable bonds is 4. The summed E-state index contributed by atoms with van der Waals surface area (Å²) in [4.78, 5) is 0. The number of benzene rings is 2. The van der Waals surface area contributed by atoms with Gasteiger partial charge in [-0.15, -0.1) is 0 Å². The van der Waals surface area contributed by atoms with E-state index in [9.17, 15) is 0 Å². The van der Waals surface area contributed by atoms with E-state index in [1.165, 1.54) is 21.9 Å². The van der Waals surface area contributed by atoms with Crippen LogP contribution < -0.4 is 5.32 Å². The maximum atomic E-state index is 5.64. The predicted octanol–water partition coefficient (Wildman–Crippen LogP) is 4.44. The maximum Gasteiger partial charge on any atom is 0.125 e. The summed E-state index contributed by atoms with van der Waals surface area (Å²) in [5, 5.41) is 6.09. The summed E-state index contributed by atoms with van der Waals surface area (Å²) in [6.45, 7) is 5.18. The average Bonchev–Trinajstić information content (AvgIpc) is 2.99. The molecule has 0 radical (unpaired) electrons. The average molecular weight is 265 g/mol. The Labute approximate surface area is 119 Å². The second kappa shape index (κ2) is 5.51. The van der Waals surface area contributed by atoms with Crippen molar-refractivity contribution in [3.63, 3.8) is 0 Å². The van der Waals surface area contributed by atoms with Crippen molar-refractivity contribution in [2.24, 2.45) is 0 Å². The Morgan fingerprint density at radius 2 is 1.90 bits per heavy atom. The molecule has 102 valence electrons. The third-order valence-electron chi connectivity index (χ3n) is 3.71. The van der Waals surface area contributed by atoms with E-state index in [0.717, 1.165) is 12.3 Å². The molecule has 3 rings (SSSR count). The van der Waals surface area contributed by atoms with Crippen molar-refractivity contribution < 1.29 is 4.42 Å². The molecule has 0 spiro atoms. The third-order valence-corrected chi connectivity index (χ3v) is 3.71. The lowest BCUT2D eigenvalue weighted by Gasteiger charge is -2.20. The second-order valence-corrected chi connectivity index (χ2v) is 5.02. The van der Waals surface area contributed by atoms with Crippen LogP contribution in [0.4, 0.5) is 0 Å². The van der Waals surface area contributed by atoms with Gasteiger partial charge in [0.25, 0.3) is 0 Å². The highest BCUT2D eigenvalue weighted by Crippen LogP contribution is 2.31. The minimum absolute atomic E-state index is 0.0982. The van der Waals surface area contributed by atoms with Gasteiger partial charge >= 0.3 is 0 Å². The van der Waals surface area contributed by atoms with E-state index in [0.29, 0.717) is 0 Å². The molecule has 3 aromatic rings. The Morgan fingerprint density at radius 1 is 1.05 bits per heavy atom. The molecule has 1 unspecified atom stereocenters. The van der Waals surface area contributed by atoms with Crippen molar-refractivity contribution in [3.05, 3.63) is 71.7 Å². The van der Waals surface area contributed by atoms with E-state index in [1.807, 2.05) is 12.1 Å². The molecule has 0 aliphatic heterocycles. The molecule has 0 bridgehead atoms. The van der Waals surface area contributed by atoms with Gasteiger partial charge in [0.15, 0.2) is 0 Å². The molecule has 0 saturated carbocycles. The topological polar surface area (TPSA) is 25.2 Å². The van der Waals surface area contributed by atoms with Crippen LogP contribution in [0.15, 0.2) is 59.2 Å². The van der Waals surface area contributed by atoms with Crippen LogP contribution in [0.25, 0.3) is 10.8 Å². The molecule has 0 saturated heterocycles. The lowest BCUT2D eigenvalue weighted by atomic mass is 9.93. The minimum atomic E-state index is 0.0982. The third kappa shape index (κ3) is 2.23. The monoisotopic (exact) mass is 265 g/mol. The molecule has 1 N–H and O–H groups in total. The zero-order chi connectivity index (χ0) is 13.9. The van der Waals surface area contributed by atoms with Crippen molar-refractivity contribution in [1.29, 1.82) is 0 Å². The van der Waals surface area contributed by atoms with Gasteiger partial charge < -0.3 is 9.73 Å². The van der Waals surface area contributed by atoms with E-state index >= 15 is 0 Å². The summed E-state index contributed by atoms with van der Waals surface area (Å²) in [6.07, 6.45) is 1.74. The Kier molecular flexibility index (Phi) is 3.57. The highest BCUT2D eigenvalue weighted by Gasteiger charge is 2.20. The summed E-state index contributed by atoms with van der Waals surface area (Å²) < 4.78 is 5.64. The summed E-state index contributed by atoms with van der Waals surface area (Å²) in [7, 11) is 0. The number of aryl methyl sites for hydroxylation is 1. The molecule has 1 aromatic heterocycles. The molecule has 0 aliphatic carbocycles. The van der Waals surface area contributed by atoms with Gasteiger partial charge in [-0.05, 0) is 47.5 Å². The number of furan rings is 1. The zero-order valence-corrected chi connectivity index (χ0v) is 11.9. The van der Waals surface area contributed by atoms with Crippen LogP contribution in [-0.4, -0.2) is 6.54 Å². The van der Waals surface area contributed by atoms with Gasteiger partial charge in [0.05, 0.1) is 12.3 Å². The predicted molar refractivity (Wildman–Crippen MR) is 82.9 cm³/mol. The first-order chi connectivity index (χ1) is 9.81. The Hall–Kier alpha value is -2.06. The second-order valence-electron chi connectivity index (χ2n) is 5.02. The van der Waals surface area contributed by atoms with Crippen LogP contribution in [0.1, 0.15) is 29.9 Å². The van der Waals surface area contributed by atoms with Gasteiger partial charge in [-0.2, -0.15) is 0 Å². The van der Waals surface area contributed by atoms with Crippen molar-refractivity contribution in [2.75, 3.05) is 6.54 Å². The normalized spacial score (nSPS) is 12.7. The van der Waals surface area contributed by atoms with Crippen molar-refractivity contribution in [3.8, 4) is 0 Å². The van der Waals surface area contributed by atoms with E-state index in [2.05, 4.69) is 55.6 Å². The van der Waals surface area contributed by atoms with E-state index in [-0.39, 0.29) is 6.04 Å². The van der Waals surface area contributed by atoms with E-state index in [4.69, 9.17) is 4.42 Å². The van der Waals surface area contributed by atoms with Gasteiger partial charge in [-0.3, -0.25) is 0 Å². The van der Waals surface area contributed by atoms with Crippen molar-refractivity contribution in [1.82, 2.24) is 5.32 Å². The summed E-state index contributed by atoms with van der Waals surface area (Å²) in [5.74, 6) is 0.964. The summed E-state index contributed by atoms with van der Waals surface area (Å²) in [6, 6.07) is 17.0. The quantitative estimate of drug-likeness (QED) is 0.754. The van der Waals surface area contributed by atoms with Crippen LogP contribution in [0, 0.1) is 6.92 Å². The van der Waals surface area contributed by atoms with Gasteiger partial charge in [-0.1, -0.05) is 43.3 Å². The number of fused-ring (bicyclic) bond motifs is 1.